The summed E-state index contributed by atoms with van der Waals surface area (Å²) in [6.07, 6.45) is 4.96. The van der Waals surface area contributed by atoms with Gasteiger partial charge in [-0.05, 0) is 56.7 Å². The lowest BCUT2D eigenvalue weighted by Gasteiger charge is -2.25. The van der Waals surface area contributed by atoms with Crippen molar-refractivity contribution < 1.29 is 14.3 Å². The molecule has 0 radical (unpaired) electrons. The Labute approximate surface area is 144 Å². The molecule has 132 valence electrons. The van der Waals surface area contributed by atoms with E-state index >= 15 is 0 Å². The Hall–Kier alpha value is -1.91. The summed E-state index contributed by atoms with van der Waals surface area (Å²) in [5.41, 5.74) is 1.01. The Morgan fingerprint density at radius 1 is 1.33 bits per heavy atom. The number of nitrogens with one attached hydrogen (secondary N) is 1. The van der Waals surface area contributed by atoms with Crippen LogP contribution in [-0.4, -0.2) is 36.7 Å². The third kappa shape index (κ3) is 3.77. The van der Waals surface area contributed by atoms with E-state index < -0.39 is 0 Å². The highest BCUT2D eigenvalue weighted by molar-refractivity contribution is 5.75. The van der Waals surface area contributed by atoms with Crippen molar-refractivity contribution in [3.63, 3.8) is 0 Å². The third-order valence-electron chi connectivity index (χ3n) is 4.95. The number of nitrogens with zero attached hydrogens (tertiary/aromatic N) is 1. The number of likely N-dealkylation sites (tertiary alicyclic amines) is 1. The Balaban J connectivity index is 1.59. The molecule has 1 aliphatic heterocycles. The van der Waals surface area contributed by atoms with Gasteiger partial charge in [-0.3, -0.25) is 0 Å². The summed E-state index contributed by atoms with van der Waals surface area (Å²) in [5, 5.41) is 3.06. The lowest BCUT2D eigenvalue weighted by Crippen LogP contribution is -2.42. The number of rotatable bonds is 5. The summed E-state index contributed by atoms with van der Waals surface area (Å²) < 4.78 is 11.1. The Morgan fingerprint density at radius 3 is 2.88 bits per heavy atom. The van der Waals surface area contributed by atoms with E-state index in [2.05, 4.69) is 5.32 Å². The highest BCUT2D eigenvalue weighted by atomic mass is 16.5. The van der Waals surface area contributed by atoms with Gasteiger partial charge in [0.1, 0.15) is 0 Å². The molecule has 1 aromatic rings. The summed E-state index contributed by atoms with van der Waals surface area (Å²) in [6.45, 7) is 5.39. The lowest BCUT2D eigenvalue weighted by molar-refractivity contribution is 0.190. The van der Waals surface area contributed by atoms with Gasteiger partial charge in [0.15, 0.2) is 11.5 Å². The molecule has 3 rings (SSSR count). The van der Waals surface area contributed by atoms with Crippen LogP contribution in [0.1, 0.15) is 45.1 Å². The first-order valence-corrected chi connectivity index (χ1v) is 8.95. The largest absolute Gasteiger partial charge is 0.493 e. The fourth-order valence-corrected chi connectivity index (χ4v) is 3.84. The number of benzene rings is 1. The summed E-state index contributed by atoms with van der Waals surface area (Å²) in [4.78, 5) is 14.5. The second-order valence-corrected chi connectivity index (χ2v) is 7.15. The topological polar surface area (TPSA) is 50.8 Å². The number of hydrogen-bond donors (Lipinski definition) is 1. The first-order valence-electron chi connectivity index (χ1n) is 8.95. The van der Waals surface area contributed by atoms with Crippen molar-refractivity contribution in [1.82, 2.24) is 10.2 Å². The molecule has 5 nitrogen and oxygen atoms in total. The summed E-state index contributed by atoms with van der Waals surface area (Å²) in [5.74, 6) is 2.14. The van der Waals surface area contributed by atoms with Crippen molar-refractivity contribution in [3.8, 4) is 11.5 Å². The van der Waals surface area contributed by atoms with E-state index in [-0.39, 0.29) is 12.1 Å². The van der Waals surface area contributed by atoms with Crippen LogP contribution in [-0.2, 0) is 6.54 Å². The first-order chi connectivity index (χ1) is 11.6. The van der Waals surface area contributed by atoms with Gasteiger partial charge in [0, 0.05) is 19.1 Å². The molecule has 1 saturated heterocycles. The maximum absolute atomic E-state index is 12.5. The monoisotopic (exact) mass is 332 g/mol. The zero-order valence-electron chi connectivity index (χ0n) is 14.9. The quantitative estimate of drug-likeness (QED) is 0.897. The molecule has 1 heterocycles. The predicted molar refractivity (Wildman–Crippen MR) is 93.4 cm³/mol. The maximum atomic E-state index is 12.5. The van der Waals surface area contributed by atoms with E-state index in [4.69, 9.17) is 9.47 Å². The van der Waals surface area contributed by atoms with Crippen LogP contribution in [0.25, 0.3) is 0 Å². The molecule has 1 N–H and O–H groups in total. The average Bonchev–Trinajstić information content (AvgIpc) is 2.87. The number of fused-ring (bicyclic) bond motifs is 2. The van der Waals surface area contributed by atoms with Crippen molar-refractivity contribution >= 4 is 6.03 Å². The van der Waals surface area contributed by atoms with Crippen LogP contribution >= 0.6 is 0 Å². The molecule has 5 heteroatoms. The van der Waals surface area contributed by atoms with Gasteiger partial charge in [0.05, 0.1) is 13.2 Å². The first kappa shape index (κ1) is 16.9. The van der Waals surface area contributed by atoms with E-state index in [1.165, 1.54) is 19.3 Å². The number of amides is 2. The molecule has 24 heavy (non-hydrogen) atoms. The Kier molecular flexibility index (Phi) is 5.17. The highest BCUT2D eigenvalue weighted by Gasteiger charge is 2.37. The number of carbonyl (C=O) groups excluding carboxylic acids is 1. The summed E-state index contributed by atoms with van der Waals surface area (Å²) in [6, 6.07) is 6.32. The van der Waals surface area contributed by atoms with Crippen LogP contribution in [0.2, 0.25) is 0 Å². The van der Waals surface area contributed by atoms with Gasteiger partial charge in [0.25, 0.3) is 0 Å². The molecular weight excluding hydrogens is 304 g/mol. The molecule has 1 aliphatic carbocycles. The molecule has 2 amide bonds. The minimum Gasteiger partial charge on any atom is -0.493 e. The smallest absolute Gasteiger partial charge is 0.317 e. The van der Waals surface area contributed by atoms with Gasteiger partial charge in [-0.1, -0.05) is 12.5 Å². The van der Waals surface area contributed by atoms with Crippen molar-refractivity contribution in [1.29, 1.82) is 0 Å². The van der Waals surface area contributed by atoms with Crippen LogP contribution < -0.4 is 14.8 Å². The minimum absolute atomic E-state index is 0.0610. The van der Waals surface area contributed by atoms with Crippen molar-refractivity contribution in [2.75, 3.05) is 13.7 Å². The van der Waals surface area contributed by atoms with Crippen LogP contribution in [0.3, 0.4) is 0 Å². The van der Waals surface area contributed by atoms with E-state index in [9.17, 15) is 4.79 Å². The molecular formula is C19H28N2O3. The Morgan fingerprint density at radius 2 is 2.17 bits per heavy atom. The van der Waals surface area contributed by atoms with Gasteiger partial charge in [-0.15, -0.1) is 0 Å². The fourth-order valence-electron chi connectivity index (χ4n) is 3.84. The van der Waals surface area contributed by atoms with Crippen LogP contribution in [0, 0.1) is 5.92 Å². The number of methoxy groups -OCH3 is 1. The van der Waals surface area contributed by atoms with Crippen LogP contribution in [0.15, 0.2) is 18.2 Å². The van der Waals surface area contributed by atoms with Gasteiger partial charge >= 0.3 is 6.03 Å². The molecule has 2 aliphatic rings. The molecule has 1 aromatic carbocycles. The maximum Gasteiger partial charge on any atom is 0.317 e. The molecule has 0 aromatic heterocycles. The van der Waals surface area contributed by atoms with Gasteiger partial charge < -0.3 is 19.7 Å². The second-order valence-electron chi connectivity index (χ2n) is 7.15. The summed E-state index contributed by atoms with van der Waals surface area (Å²) >= 11 is 0. The van der Waals surface area contributed by atoms with Crippen molar-refractivity contribution in [2.45, 2.75) is 58.2 Å². The minimum atomic E-state index is 0.0610. The standard InChI is InChI=1S/C19H28N2O3/c1-13(2)24-17-8-7-14(10-18(17)23-3)11-20-19(22)21-12-15-5-4-6-16(21)9-15/h7-8,10,13,15-16H,4-6,9,11-12H2,1-3H3,(H,20,22). The highest BCUT2D eigenvalue weighted by Crippen LogP contribution is 2.35. The zero-order valence-corrected chi connectivity index (χ0v) is 14.9. The van der Waals surface area contributed by atoms with Crippen molar-refractivity contribution in [3.05, 3.63) is 23.8 Å². The van der Waals surface area contributed by atoms with Crippen LogP contribution in [0.4, 0.5) is 4.79 Å². The Bertz CT molecular complexity index is 588. The van der Waals surface area contributed by atoms with Crippen LogP contribution in [0.5, 0.6) is 11.5 Å². The fraction of sp³-hybridized carbons (Fsp3) is 0.632. The van der Waals surface area contributed by atoms with Gasteiger partial charge in [0.2, 0.25) is 0 Å². The van der Waals surface area contributed by atoms with Crippen molar-refractivity contribution in [2.24, 2.45) is 5.92 Å². The molecule has 2 fully saturated rings. The SMILES string of the molecule is COc1cc(CNC(=O)N2CC3CCCC2C3)ccc1OC(C)C. The lowest BCUT2D eigenvalue weighted by atomic mass is 9.91. The van der Waals surface area contributed by atoms with E-state index in [1.807, 2.05) is 36.9 Å². The van der Waals surface area contributed by atoms with E-state index in [0.717, 1.165) is 24.3 Å². The molecule has 0 spiro atoms. The van der Waals surface area contributed by atoms with Gasteiger partial charge in [-0.25, -0.2) is 4.79 Å². The number of urea groups is 1. The van der Waals surface area contributed by atoms with E-state index in [0.29, 0.717) is 24.3 Å². The number of hydrogen-bond acceptors (Lipinski definition) is 3. The van der Waals surface area contributed by atoms with Gasteiger partial charge in [-0.2, -0.15) is 0 Å². The number of ether oxygens (including phenoxy) is 2. The van der Waals surface area contributed by atoms with E-state index in [1.54, 1.807) is 7.11 Å². The molecule has 2 atom stereocenters. The predicted octanol–water partition coefficient (Wildman–Crippen LogP) is 3.57. The molecule has 1 saturated carbocycles. The third-order valence-corrected chi connectivity index (χ3v) is 4.95. The average molecular weight is 332 g/mol. The zero-order chi connectivity index (χ0) is 17.1. The summed E-state index contributed by atoms with van der Waals surface area (Å²) in [7, 11) is 1.63. The molecule has 2 unspecified atom stereocenters. The normalized spacial score (nSPS) is 22.6. The molecule has 2 bridgehead atoms. The second kappa shape index (κ2) is 7.32. The number of carbonyl (C=O) groups is 1.